The van der Waals surface area contributed by atoms with Crippen molar-refractivity contribution < 1.29 is 4.57 Å². The molecule has 0 aromatic carbocycles. The predicted molar refractivity (Wildman–Crippen MR) is 57.3 cm³/mol. The van der Waals surface area contributed by atoms with Gasteiger partial charge in [-0.25, -0.2) is 4.57 Å². The summed E-state index contributed by atoms with van der Waals surface area (Å²) >= 11 is 0. The van der Waals surface area contributed by atoms with Crippen LogP contribution in [0, 0.1) is 6.92 Å². The van der Waals surface area contributed by atoms with Crippen LogP contribution < -0.4 is 4.57 Å². The summed E-state index contributed by atoms with van der Waals surface area (Å²) in [6, 6.07) is 4.29. The van der Waals surface area contributed by atoms with E-state index in [2.05, 4.69) is 42.3 Å². The Morgan fingerprint density at radius 1 is 1.33 bits per heavy atom. The van der Waals surface area contributed by atoms with Crippen LogP contribution in [0.4, 0.5) is 0 Å². The minimum absolute atomic E-state index is 1.10. The number of aryl methyl sites for hydroxylation is 2. The largest absolute Gasteiger partial charge is 0.204 e. The van der Waals surface area contributed by atoms with Crippen LogP contribution >= 0.6 is 21.6 Å². The molecule has 0 aliphatic heterocycles. The number of hydrogen-bond acceptors (Lipinski definition) is 2. The van der Waals surface area contributed by atoms with Crippen molar-refractivity contribution in [2.45, 2.75) is 13.5 Å². The summed E-state index contributed by atoms with van der Waals surface area (Å²) in [5.74, 6) is 1.18. The Hall–Kier alpha value is -0.150. The number of pyridine rings is 1. The third-order valence-electron chi connectivity index (χ3n) is 1.61. The maximum absolute atomic E-state index is 2.22. The van der Waals surface area contributed by atoms with Crippen molar-refractivity contribution in [3.63, 3.8) is 0 Å². The summed E-state index contributed by atoms with van der Waals surface area (Å²) in [5, 5.41) is 0. The number of nitrogens with zero attached hydrogens (tertiary/aromatic N) is 1. The Morgan fingerprint density at radius 3 is 2.58 bits per heavy atom. The smallest absolute Gasteiger partial charge is 0.169 e. The van der Waals surface area contributed by atoms with Gasteiger partial charge in [-0.3, -0.25) is 0 Å². The summed E-state index contributed by atoms with van der Waals surface area (Å²) in [5.41, 5.74) is 1.32. The standard InChI is InChI=1S/C9H14NS2/c1-9-3-5-10(6-4-9)7-8-12-11-2/h3-6H,7-8H2,1-2H3/q+1. The highest BCUT2D eigenvalue weighted by atomic mass is 33.1. The second kappa shape index (κ2) is 5.49. The van der Waals surface area contributed by atoms with E-state index in [-0.39, 0.29) is 0 Å². The molecule has 12 heavy (non-hydrogen) atoms. The molecule has 0 fully saturated rings. The van der Waals surface area contributed by atoms with E-state index in [9.17, 15) is 0 Å². The molecule has 0 radical (unpaired) electrons. The van der Waals surface area contributed by atoms with Crippen LogP contribution in [-0.2, 0) is 6.54 Å². The zero-order valence-electron chi connectivity index (χ0n) is 7.49. The molecular weight excluding hydrogens is 186 g/mol. The van der Waals surface area contributed by atoms with Gasteiger partial charge >= 0.3 is 0 Å². The van der Waals surface area contributed by atoms with E-state index in [1.165, 1.54) is 11.3 Å². The molecule has 1 rings (SSSR count). The molecule has 1 aromatic heterocycles. The van der Waals surface area contributed by atoms with Crippen LogP contribution in [0.3, 0.4) is 0 Å². The van der Waals surface area contributed by atoms with Gasteiger partial charge in [-0.05, 0) is 18.7 Å². The van der Waals surface area contributed by atoms with Gasteiger partial charge in [-0.1, -0.05) is 21.6 Å². The molecule has 0 N–H and O–H groups in total. The summed E-state index contributed by atoms with van der Waals surface area (Å²) in [7, 11) is 3.73. The Morgan fingerprint density at radius 2 is 2.00 bits per heavy atom. The van der Waals surface area contributed by atoms with Crippen LogP contribution in [0.2, 0.25) is 0 Å². The fourth-order valence-corrected chi connectivity index (χ4v) is 2.08. The van der Waals surface area contributed by atoms with Gasteiger partial charge in [0.2, 0.25) is 0 Å². The third kappa shape index (κ3) is 3.50. The van der Waals surface area contributed by atoms with E-state index >= 15 is 0 Å². The molecule has 0 bridgehead atoms. The summed E-state index contributed by atoms with van der Waals surface area (Å²) in [4.78, 5) is 0. The van der Waals surface area contributed by atoms with Gasteiger partial charge in [0.15, 0.2) is 18.9 Å². The van der Waals surface area contributed by atoms with Gasteiger partial charge in [-0.2, -0.15) is 0 Å². The van der Waals surface area contributed by atoms with Crippen molar-refractivity contribution in [2.24, 2.45) is 0 Å². The van der Waals surface area contributed by atoms with Crippen molar-refractivity contribution in [3.8, 4) is 0 Å². The monoisotopic (exact) mass is 200 g/mol. The molecule has 0 amide bonds. The van der Waals surface area contributed by atoms with Gasteiger partial charge < -0.3 is 0 Å². The van der Waals surface area contributed by atoms with Crippen LogP contribution in [0.1, 0.15) is 5.56 Å². The second-order valence-electron chi connectivity index (χ2n) is 2.60. The third-order valence-corrected chi connectivity index (χ3v) is 3.40. The van der Waals surface area contributed by atoms with Gasteiger partial charge in [0.05, 0.1) is 5.75 Å². The lowest BCUT2D eigenvalue weighted by Gasteiger charge is -1.95. The minimum atomic E-state index is 1.10. The molecular formula is C9H14NS2+. The molecule has 0 saturated carbocycles. The zero-order valence-corrected chi connectivity index (χ0v) is 9.12. The first kappa shape index (κ1) is 9.93. The molecule has 66 valence electrons. The fraction of sp³-hybridized carbons (Fsp3) is 0.444. The predicted octanol–water partition coefficient (Wildman–Crippen LogP) is 2.29. The van der Waals surface area contributed by atoms with Crippen LogP contribution in [0.25, 0.3) is 0 Å². The molecule has 0 spiro atoms. The van der Waals surface area contributed by atoms with Crippen molar-refractivity contribution >= 4 is 21.6 Å². The summed E-state index contributed by atoms with van der Waals surface area (Å²) in [6.45, 7) is 3.22. The molecule has 1 nitrogen and oxygen atoms in total. The number of rotatable bonds is 4. The quantitative estimate of drug-likeness (QED) is 0.417. The Kier molecular flexibility index (Phi) is 4.54. The van der Waals surface area contributed by atoms with Gasteiger partial charge in [0.1, 0.15) is 0 Å². The normalized spacial score (nSPS) is 10.2. The molecule has 0 atom stereocenters. The fourth-order valence-electron chi connectivity index (χ4n) is 0.907. The van der Waals surface area contributed by atoms with Gasteiger partial charge in [-0.15, -0.1) is 0 Å². The lowest BCUT2D eigenvalue weighted by molar-refractivity contribution is -0.692. The van der Waals surface area contributed by atoms with E-state index in [0.29, 0.717) is 0 Å². The van der Waals surface area contributed by atoms with Gasteiger partial charge in [0.25, 0.3) is 0 Å². The average molecular weight is 200 g/mol. The molecule has 0 aliphatic carbocycles. The van der Waals surface area contributed by atoms with Crippen LogP contribution in [0.15, 0.2) is 24.5 Å². The van der Waals surface area contributed by atoms with Crippen molar-refractivity contribution in [1.82, 2.24) is 0 Å². The topological polar surface area (TPSA) is 3.88 Å². The molecule has 1 aromatic rings. The van der Waals surface area contributed by atoms with E-state index in [4.69, 9.17) is 0 Å². The molecule has 3 heteroatoms. The highest BCUT2D eigenvalue weighted by molar-refractivity contribution is 8.76. The maximum atomic E-state index is 2.22. The van der Waals surface area contributed by atoms with Crippen LogP contribution in [0.5, 0.6) is 0 Å². The van der Waals surface area contributed by atoms with Crippen molar-refractivity contribution in [2.75, 3.05) is 12.0 Å². The molecule has 0 unspecified atom stereocenters. The maximum Gasteiger partial charge on any atom is 0.169 e. The van der Waals surface area contributed by atoms with Crippen molar-refractivity contribution in [1.29, 1.82) is 0 Å². The van der Waals surface area contributed by atoms with Crippen molar-refractivity contribution in [3.05, 3.63) is 30.1 Å². The lowest BCUT2D eigenvalue weighted by Crippen LogP contribution is -2.33. The van der Waals surface area contributed by atoms with Crippen LogP contribution in [-0.4, -0.2) is 12.0 Å². The Bertz CT molecular complexity index is 220. The average Bonchev–Trinajstić information content (AvgIpc) is 2.09. The zero-order chi connectivity index (χ0) is 8.81. The first-order chi connectivity index (χ1) is 5.83. The first-order valence-electron chi connectivity index (χ1n) is 3.94. The molecule has 0 aliphatic rings. The molecule has 1 heterocycles. The van der Waals surface area contributed by atoms with E-state index in [1.54, 1.807) is 0 Å². The second-order valence-corrected chi connectivity index (χ2v) is 5.29. The number of aromatic nitrogens is 1. The van der Waals surface area contributed by atoms with Gasteiger partial charge in [0, 0.05) is 12.1 Å². The Balaban J connectivity index is 2.37. The molecule has 0 saturated heterocycles. The Labute approximate surface area is 82.0 Å². The highest BCUT2D eigenvalue weighted by Crippen LogP contribution is 2.15. The first-order valence-corrected chi connectivity index (χ1v) is 6.67. The van der Waals surface area contributed by atoms with E-state index in [0.717, 1.165) is 6.54 Å². The lowest BCUT2D eigenvalue weighted by atomic mass is 10.3. The SMILES string of the molecule is CSSCC[n+]1ccc(C)cc1. The number of hydrogen-bond donors (Lipinski definition) is 0. The van der Waals surface area contributed by atoms with E-state index in [1.807, 2.05) is 21.6 Å². The highest BCUT2D eigenvalue weighted by Gasteiger charge is 1.97. The summed E-state index contributed by atoms with van der Waals surface area (Å²) in [6.07, 6.45) is 6.39. The summed E-state index contributed by atoms with van der Waals surface area (Å²) < 4.78 is 2.22. The minimum Gasteiger partial charge on any atom is -0.204 e. The van der Waals surface area contributed by atoms with E-state index < -0.39 is 0 Å².